The lowest BCUT2D eigenvalue weighted by molar-refractivity contribution is -0.125. The third-order valence-corrected chi connectivity index (χ3v) is 4.28. The Kier molecular flexibility index (Phi) is 5.90. The van der Waals surface area contributed by atoms with E-state index in [1.807, 2.05) is 42.5 Å². The van der Waals surface area contributed by atoms with Gasteiger partial charge in [-0.1, -0.05) is 18.2 Å². The lowest BCUT2D eigenvalue weighted by Gasteiger charge is -2.23. The summed E-state index contributed by atoms with van der Waals surface area (Å²) >= 11 is 0. The summed E-state index contributed by atoms with van der Waals surface area (Å²) in [4.78, 5) is 14.6. The number of hydrogen-bond acceptors (Lipinski definition) is 4. The van der Waals surface area contributed by atoms with Gasteiger partial charge in [0.1, 0.15) is 11.5 Å². The van der Waals surface area contributed by atoms with Gasteiger partial charge in [0.15, 0.2) is 0 Å². The van der Waals surface area contributed by atoms with E-state index in [1.54, 1.807) is 6.26 Å². The molecule has 1 unspecified atom stereocenters. The van der Waals surface area contributed by atoms with Crippen molar-refractivity contribution in [2.24, 2.45) is 0 Å². The predicted octanol–water partition coefficient (Wildman–Crippen LogP) is 2.83. The number of carbonyl (C=O) groups is 1. The van der Waals surface area contributed by atoms with Crippen LogP contribution in [0.15, 0.2) is 53.1 Å². The summed E-state index contributed by atoms with van der Waals surface area (Å²) in [5.41, 5.74) is 0. The minimum atomic E-state index is -0.0308. The van der Waals surface area contributed by atoms with Crippen LogP contribution < -0.4 is 10.1 Å². The second-order valence-electron chi connectivity index (χ2n) is 6.01. The molecule has 0 bridgehead atoms. The highest BCUT2D eigenvalue weighted by Gasteiger charge is 2.30. The zero-order chi connectivity index (χ0) is 16.6. The molecular weight excluding hydrogens is 304 g/mol. The fourth-order valence-electron chi connectivity index (χ4n) is 3.07. The van der Waals surface area contributed by atoms with Crippen molar-refractivity contribution in [2.75, 3.05) is 19.7 Å². The van der Waals surface area contributed by atoms with Crippen molar-refractivity contribution >= 4 is 5.91 Å². The van der Waals surface area contributed by atoms with Crippen LogP contribution in [0.3, 0.4) is 0 Å². The van der Waals surface area contributed by atoms with Gasteiger partial charge in [0.25, 0.3) is 0 Å². The monoisotopic (exact) mass is 328 g/mol. The van der Waals surface area contributed by atoms with Crippen LogP contribution in [0.1, 0.15) is 25.0 Å². The fraction of sp³-hybridized carbons (Fsp3) is 0.421. The van der Waals surface area contributed by atoms with Gasteiger partial charge >= 0.3 is 0 Å². The van der Waals surface area contributed by atoms with Crippen LogP contribution in [-0.4, -0.2) is 36.5 Å². The van der Waals surface area contributed by atoms with Crippen LogP contribution in [0.5, 0.6) is 5.75 Å². The van der Waals surface area contributed by atoms with Crippen molar-refractivity contribution in [3.8, 4) is 5.75 Å². The molecule has 1 aliphatic heterocycles. The number of rotatable bonds is 8. The molecule has 24 heavy (non-hydrogen) atoms. The Hall–Kier alpha value is -2.27. The van der Waals surface area contributed by atoms with E-state index in [0.717, 1.165) is 43.9 Å². The lowest BCUT2D eigenvalue weighted by Crippen LogP contribution is -2.43. The van der Waals surface area contributed by atoms with Crippen LogP contribution in [-0.2, 0) is 11.3 Å². The Labute approximate surface area is 142 Å². The molecular formula is C19H24N2O3. The normalized spacial score (nSPS) is 17.8. The molecule has 0 saturated carbocycles. The standard InChI is InChI=1S/C19H24N2O3/c22-19(20-15-17-9-5-13-24-17)18-10-4-11-21(18)12-6-14-23-16-7-2-1-3-8-16/h1-3,5,7-9,13,18H,4,6,10-12,14-15H2,(H,20,22). The molecule has 1 saturated heterocycles. The smallest absolute Gasteiger partial charge is 0.237 e. The molecule has 0 spiro atoms. The Bertz CT molecular complexity index is 613. The first-order valence-electron chi connectivity index (χ1n) is 8.55. The molecule has 0 radical (unpaired) electrons. The molecule has 5 nitrogen and oxygen atoms in total. The zero-order valence-electron chi connectivity index (χ0n) is 13.8. The molecule has 128 valence electrons. The summed E-state index contributed by atoms with van der Waals surface area (Å²) in [6, 6.07) is 13.5. The van der Waals surface area contributed by atoms with Gasteiger partial charge in [0.2, 0.25) is 5.91 Å². The number of nitrogens with one attached hydrogen (secondary N) is 1. The first kappa shape index (κ1) is 16.6. The number of para-hydroxylation sites is 1. The highest BCUT2D eigenvalue weighted by Crippen LogP contribution is 2.18. The number of benzene rings is 1. The second-order valence-corrected chi connectivity index (χ2v) is 6.01. The number of ether oxygens (including phenoxy) is 1. The van der Waals surface area contributed by atoms with Crippen LogP contribution in [0.2, 0.25) is 0 Å². The molecule has 2 aromatic rings. The Morgan fingerprint density at radius 1 is 1.25 bits per heavy atom. The number of likely N-dealkylation sites (tertiary alicyclic amines) is 1. The SMILES string of the molecule is O=C(NCc1ccco1)C1CCCN1CCCOc1ccccc1. The zero-order valence-corrected chi connectivity index (χ0v) is 13.8. The molecule has 3 rings (SSSR count). The van der Waals surface area contributed by atoms with Crippen molar-refractivity contribution in [3.05, 3.63) is 54.5 Å². The van der Waals surface area contributed by atoms with Gasteiger partial charge in [-0.3, -0.25) is 9.69 Å². The summed E-state index contributed by atoms with van der Waals surface area (Å²) in [5.74, 6) is 1.77. The summed E-state index contributed by atoms with van der Waals surface area (Å²) in [5, 5.41) is 2.97. The van der Waals surface area contributed by atoms with Gasteiger partial charge in [-0.15, -0.1) is 0 Å². The van der Waals surface area contributed by atoms with Gasteiger partial charge in [0, 0.05) is 6.54 Å². The number of amides is 1. The predicted molar refractivity (Wildman–Crippen MR) is 91.7 cm³/mol. The van der Waals surface area contributed by atoms with Crippen LogP contribution in [0.4, 0.5) is 0 Å². The first-order valence-corrected chi connectivity index (χ1v) is 8.55. The fourth-order valence-corrected chi connectivity index (χ4v) is 3.07. The van der Waals surface area contributed by atoms with Crippen LogP contribution in [0, 0.1) is 0 Å². The van der Waals surface area contributed by atoms with E-state index < -0.39 is 0 Å². The second kappa shape index (κ2) is 8.55. The third kappa shape index (κ3) is 4.61. The summed E-state index contributed by atoms with van der Waals surface area (Å²) in [6.45, 7) is 2.98. The molecule has 2 heterocycles. The van der Waals surface area contributed by atoms with Crippen molar-refractivity contribution in [1.82, 2.24) is 10.2 Å². The van der Waals surface area contributed by atoms with Crippen molar-refractivity contribution < 1.29 is 13.9 Å². The lowest BCUT2D eigenvalue weighted by atomic mass is 10.2. The molecule has 1 atom stereocenters. The number of furan rings is 1. The average molecular weight is 328 g/mol. The summed E-state index contributed by atoms with van der Waals surface area (Å²) in [7, 11) is 0. The van der Waals surface area contributed by atoms with E-state index in [9.17, 15) is 4.79 Å². The van der Waals surface area contributed by atoms with E-state index in [-0.39, 0.29) is 11.9 Å². The topological polar surface area (TPSA) is 54.7 Å². The van der Waals surface area contributed by atoms with Gasteiger partial charge < -0.3 is 14.5 Å². The minimum Gasteiger partial charge on any atom is -0.494 e. The van der Waals surface area contributed by atoms with Crippen molar-refractivity contribution in [2.45, 2.75) is 31.8 Å². The maximum Gasteiger partial charge on any atom is 0.237 e. The summed E-state index contributed by atoms with van der Waals surface area (Å²) in [6.07, 6.45) is 4.52. The molecule has 1 amide bonds. The van der Waals surface area contributed by atoms with Gasteiger partial charge in [-0.2, -0.15) is 0 Å². The molecule has 1 N–H and O–H groups in total. The molecule has 0 aliphatic carbocycles. The van der Waals surface area contributed by atoms with Crippen molar-refractivity contribution in [3.63, 3.8) is 0 Å². The van der Waals surface area contributed by atoms with E-state index in [4.69, 9.17) is 9.15 Å². The van der Waals surface area contributed by atoms with E-state index in [2.05, 4.69) is 10.2 Å². The first-order chi connectivity index (χ1) is 11.8. The summed E-state index contributed by atoms with van der Waals surface area (Å²) < 4.78 is 11.0. The molecule has 5 heteroatoms. The van der Waals surface area contributed by atoms with Crippen LogP contribution >= 0.6 is 0 Å². The van der Waals surface area contributed by atoms with E-state index in [0.29, 0.717) is 13.2 Å². The maximum atomic E-state index is 12.4. The van der Waals surface area contributed by atoms with Crippen LogP contribution in [0.25, 0.3) is 0 Å². The minimum absolute atomic E-state index is 0.0308. The molecule has 1 fully saturated rings. The average Bonchev–Trinajstić information content (AvgIpc) is 3.29. The highest BCUT2D eigenvalue weighted by atomic mass is 16.5. The van der Waals surface area contributed by atoms with Crippen molar-refractivity contribution in [1.29, 1.82) is 0 Å². The number of carbonyl (C=O) groups excluding carboxylic acids is 1. The molecule has 1 aliphatic rings. The Morgan fingerprint density at radius 3 is 2.92 bits per heavy atom. The largest absolute Gasteiger partial charge is 0.494 e. The number of nitrogens with zero attached hydrogens (tertiary/aromatic N) is 1. The molecule has 1 aromatic heterocycles. The van der Waals surface area contributed by atoms with Gasteiger partial charge in [0.05, 0.1) is 25.5 Å². The Balaban J connectivity index is 1.39. The number of hydrogen-bond donors (Lipinski definition) is 1. The maximum absolute atomic E-state index is 12.4. The van der Waals surface area contributed by atoms with Gasteiger partial charge in [-0.05, 0) is 50.1 Å². The third-order valence-electron chi connectivity index (χ3n) is 4.28. The van der Waals surface area contributed by atoms with E-state index >= 15 is 0 Å². The van der Waals surface area contributed by atoms with Gasteiger partial charge in [-0.25, -0.2) is 0 Å². The van der Waals surface area contributed by atoms with E-state index in [1.165, 1.54) is 0 Å². The Morgan fingerprint density at radius 2 is 2.12 bits per heavy atom. The molecule has 1 aromatic carbocycles. The highest BCUT2D eigenvalue weighted by molar-refractivity contribution is 5.81. The quantitative estimate of drug-likeness (QED) is 0.757.